The fourth-order valence-electron chi connectivity index (χ4n) is 2.54. The van der Waals surface area contributed by atoms with Gasteiger partial charge in [0, 0.05) is 10.8 Å². The van der Waals surface area contributed by atoms with Gasteiger partial charge in [-0.1, -0.05) is 31.2 Å². The number of hydrogen-bond donors (Lipinski definition) is 1. The molecule has 0 radical (unpaired) electrons. The second-order valence-corrected chi connectivity index (χ2v) is 5.54. The Morgan fingerprint density at radius 1 is 1.20 bits per heavy atom. The minimum atomic E-state index is -0.739. The molecule has 0 saturated heterocycles. The summed E-state index contributed by atoms with van der Waals surface area (Å²) in [5, 5.41) is 4.58. The van der Waals surface area contributed by atoms with E-state index >= 15 is 0 Å². The van der Waals surface area contributed by atoms with E-state index in [0.29, 0.717) is 40.9 Å². The highest BCUT2D eigenvalue weighted by Gasteiger charge is 2.15. The van der Waals surface area contributed by atoms with Gasteiger partial charge in [0.15, 0.2) is 0 Å². The molecular formula is C19H23NO5. The highest BCUT2D eigenvalue weighted by Crippen LogP contribution is 2.36. The van der Waals surface area contributed by atoms with Crippen LogP contribution < -0.4 is 14.8 Å². The summed E-state index contributed by atoms with van der Waals surface area (Å²) in [5.41, 5.74) is 0.694. The van der Waals surface area contributed by atoms with E-state index in [4.69, 9.17) is 14.2 Å². The number of carbonyl (C=O) groups is 2. The van der Waals surface area contributed by atoms with Crippen molar-refractivity contribution in [3.05, 3.63) is 35.9 Å². The average Bonchev–Trinajstić information content (AvgIpc) is 2.61. The van der Waals surface area contributed by atoms with Crippen molar-refractivity contribution in [3.8, 4) is 11.5 Å². The van der Waals surface area contributed by atoms with Crippen LogP contribution in [-0.4, -0.2) is 32.3 Å². The number of hydrogen-bond acceptors (Lipinski definition) is 6. The summed E-state index contributed by atoms with van der Waals surface area (Å²) in [4.78, 5) is 22.6. The number of nitrogens with one attached hydrogen (secondary N) is 1. The molecule has 0 unspecified atom stereocenters. The number of carbonyl (C=O) groups excluding carboxylic acids is 2. The van der Waals surface area contributed by atoms with Crippen LogP contribution in [0.4, 0.5) is 4.79 Å². The lowest BCUT2D eigenvalue weighted by molar-refractivity contribution is -0.120. The van der Waals surface area contributed by atoms with E-state index in [1.165, 1.54) is 0 Å². The summed E-state index contributed by atoms with van der Waals surface area (Å²) < 4.78 is 15.5. The van der Waals surface area contributed by atoms with E-state index in [9.17, 15) is 9.59 Å². The van der Waals surface area contributed by atoms with Crippen molar-refractivity contribution in [1.29, 1.82) is 0 Å². The lowest BCUT2D eigenvalue weighted by Gasteiger charge is -2.13. The molecule has 0 aliphatic rings. The van der Waals surface area contributed by atoms with Gasteiger partial charge in [-0.2, -0.15) is 0 Å². The summed E-state index contributed by atoms with van der Waals surface area (Å²) in [7, 11) is 0. The van der Waals surface area contributed by atoms with Crippen LogP contribution in [0.3, 0.4) is 0 Å². The molecule has 1 N–H and O–H groups in total. The minimum Gasteiger partial charge on any atom is -0.434 e. The summed E-state index contributed by atoms with van der Waals surface area (Å²) in [6, 6.07) is 8.91. The largest absolute Gasteiger partial charge is 0.513 e. The summed E-state index contributed by atoms with van der Waals surface area (Å²) in [6.07, 6.45) is 0.964. The van der Waals surface area contributed by atoms with E-state index < -0.39 is 6.16 Å². The lowest BCUT2D eigenvalue weighted by Crippen LogP contribution is -2.16. The van der Waals surface area contributed by atoms with Crippen molar-refractivity contribution in [2.24, 2.45) is 0 Å². The van der Waals surface area contributed by atoms with Crippen molar-refractivity contribution >= 4 is 23.4 Å². The van der Waals surface area contributed by atoms with Crippen LogP contribution in [0.2, 0.25) is 0 Å². The van der Waals surface area contributed by atoms with Gasteiger partial charge in [-0.05, 0) is 44.5 Å². The smallest absolute Gasteiger partial charge is 0.434 e. The van der Waals surface area contributed by atoms with Gasteiger partial charge in [0.1, 0.15) is 11.5 Å². The zero-order valence-electron chi connectivity index (χ0n) is 14.5. The summed E-state index contributed by atoms with van der Waals surface area (Å²) in [6.45, 7) is 6.36. The van der Waals surface area contributed by atoms with Gasteiger partial charge in [-0.3, -0.25) is 4.79 Å². The minimum absolute atomic E-state index is 0.313. The van der Waals surface area contributed by atoms with Crippen LogP contribution in [0.1, 0.15) is 25.3 Å². The Bertz CT molecular complexity index is 729. The van der Waals surface area contributed by atoms with Crippen molar-refractivity contribution < 1.29 is 23.8 Å². The molecule has 0 amide bonds. The number of fused-ring (bicyclic) bond motifs is 1. The monoisotopic (exact) mass is 345 g/mol. The average molecular weight is 345 g/mol. The van der Waals surface area contributed by atoms with Gasteiger partial charge >= 0.3 is 6.16 Å². The molecule has 25 heavy (non-hydrogen) atoms. The first-order chi connectivity index (χ1) is 12.2. The van der Waals surface area contributed by atoms with Gasteiger partial charge in [0.2, 0.25) is 0 Å². The molecule has 0 aliphatic carbocycles. The maximum atomic E-state index is 11.9. The quantitative estimate of drug-likeness (QED) is 0.324. The third-order valence-electron chi connectivity index (χ3n) is 3.72. The predicted octanol–water partition coefficient (Wildman–Crippen LogP) is 3.59. The Morgan fingerprint density at radius 2 is 1.96 bits per heavy atom. The molecule has 134 valence electrons. The fraction of sp³-hybridized carbons (Fsp3) is 0.368. The Labute approximate surface area is 147 Å². The number of ether oxygens (including phenoxy) is 3. The molecule has 0 aliphatic heterocycles. The Kier molecular flexibility index (Phi) is 7.22. The highest BCUT2D eigenvalue weighted by atomic mass is 16.7. The molecule has 0 atom stereocenters. The molecule has 0 fully saturated rings. The highest BCUT2D eigenvalue weighted by molar-refractivity contribution is 5.96. The second kappa shape index (κ2) is 9.64. The van der Waals surface area contributed by atoms with E-state index in [2.05, 4.69) is 5.32 Å². The molecule has 6 heteroatoms. The molecule has 0 aromatic heterocycles. The second-order valence-electron chi connectivity index (χ2n) is 5.54. The molecule has 2 rings (SSSR count). The molecule has 0 spiro atoms. The topological polar surface area (TPSA) is 73.9 Å². The first kappa shape index (κ1) is 18.7. The van der Waals surface area contributed by atoms with Gasteiger partial charge < -0.3 is 19.5 Å². The van der Waals surface area contributed by atoms with E-state index in [0.717, 1.165) is 25.9 Å². The van der Waals surface area contributed by atoms with Crippen molar-refractivity contribution in [2.45, 2.75) is 26.7 Å². The normalized spacial score (nSPS) is 10.5. The number of benzene rings is 2. The van der Waals surface area contributed by atoms with Crippen LogP contribution >= 0.6 is 0 Å². The van der Waals surface area contributed by atoms with Crippen LogP contribution in [-0.2, 0) is 9.53 Å². The maximum Gasteiger partial charge on any atom is 0.513 e. The first-order valence-electron chi connectivity index (χ1n) is 8.35. The van der Waals surface area contributed by atoms with Gasteiger partial charge in [-0.25, -0.2) is 4.79 Å². The first-order valence-corrected chi connectivity index (χ1v) is 8.35. The zero-order valence-corrected chi connectivity index (χ0v) is 14.5. The lowest BCUT2D eigenvalue weighted by atomic mass is 10.0. The van der Waals surface area contributed by atoms with Crippen LogP contribution in [0.5, 0.6) is 11.5 Å². The molecule has 6 nitrogen and oxygen atoms in total. The van der Waals surface area contributed by atoms with E-state index in [1.807, 2.05) is 19.1 Å². The molecular weight excluding hydrogens is 322 g/mol. The maximum absolute atomic E-state index is 11.9. The van der Waals surface area contributed by atoms with Gasteiger partial charge in [0.25, 0.3) is 6.47 Å². The molecule has 0 heterocycles. The zero-order chi connectivity index (χ0) is 18.1. The van der Waals surface area contributed by atoms with Gasteiger partial charge in [0.05, 0.1) is 6.61 Å². The summed E-state index contributed by atoms with van der Waals surface area (Å²) >= 11 is 0. The van der Waals surface area contributed by atoms with Crippen LogP contribution in [0.15, 0.2) is 30.3 Å². The van der Waals surface area contributed by atoms with Crippen molar-refractivity contribution in [1.82, 2.24) is 5.32 Å². The molecule has 0 bridgehead atoms. The standard InChI is InChI=1S/C19H23NO5/c1-3-20-10-6-7-11-23-19(22)25-17-12-14(2)18(24-13-21)16-9-5-4-8-15(16)17/h4-5,8-9,12-13,20H,3,6-7,10-11H2,1-2H3. The number of unbranched alkanes of at least 4 members (excludes halogenated alkanes) is 1. The van der Waals surface area contributed by atoms with Crippen molar-refractivity contribution in [3.63, 3.8) is 0 Å². The predicted molar refractivity (Wildman–Crippen MR) is 95.1 cm³/mol. The van der Waals surface area contributed by atoms with Crippen LogP contribution in [0.25, 0.3) is 10.8 Å². The molecule has 2 aromatic rings. The van der Waals surface area contributed by atoms with Gasteiger partial charge in [-0.15, -0.1) is 0 Å². The third-order valence-corrected chi connectivity index (χ3v) is 3.72. The number of rotatable bonds is 9. The van der Waals surface area contributed by atoms with E-state index in [-0.39, 0.29) is 0 Å². The Balaban J connectivity index is 2.04. The van der Waals surface area contributed by atoms with E-state index in [1.54, 1.807) is 25.1 Å². The van der Waals surface area contributed by atoms with Crippen molar-refractivity contribution in [2.75, 3.05) is 19.7 Å². The third kappa shape index (κ3) is 5.19. The fourth-order valence-corrected chi connectivity index (χ4v) is 2.54. The summed E-state index contributed by atoms with van der Waals surface area (Å²) in [5.74, 6) is 0.832. The molecule has 2 aromatic carbocycles. The molecule has 0 saturated carbocycles. The Hall–Kier alpha value is -2.60. The van der Waals surface area contributed by atoms with Crippen LogP contribution in [0, 0.1) is 6.92 Å². The Morgan fingerprint density at radius 3 is 2.68 bits per heavy atom. The SMILES string of the molecule is CCNCCCCOC(=O)Oc1cc(C)c(OC=O)c2ccccc12. The number of aryl methyl sites for hydroxylation is 1.